The number of aliphatic hydroxyl groups excluding tert-OH is 2. The lowest BCUT2D eigenvalue weighted by Gasteiger charge is -2.35. The van der Waals surface area contributed by atoms with Crippen LogP contribution in [0, 0.1) is 11.6 Å². The number of hydrogen-bond acceptors (Lipinski definition) is 11. The lowest BCUT2D eigenvalue weighted by atomic mass is 10.2. The van der Waals surface area contributed by atoms with Gasteiger partial charge in [0.25, 0.3) is 0 Å². The number of aromatic nitrogens is 2. The molecule has 0 radical (unpaired) electrons. The molecule has 1 aromatic heterocycles. The fourth-order valence-electron chi connectivity index (χ4n) is 4.30. The van der Waals surface area contributed by atoms with Gasteiger partial charge in [-0.05, 0) is 42.9 Å². The van der Waals surface area contributed by atoms with Gasteiger partial charge in [0.2, 0.25) is 5.88 Å². The molecule has 4 rings (SSSR count). The number of carbonyl (C=O) groups excluding carboxylic acids is 1. The van der Waals surface area contributed by atoms with Crippen molar-refractivity contribution < 1.29 is 61.1 Å². The van der Waals surface area contributed by atoms with E-state index in [0.717, 1.165) is 28.8 Å². The summed E-state index contributed by atoms with van der Waals surface area (Å²) in [6.07, 6.45) is -9.75. The van der Waals surface area contributed by atoms with Crippen LogP contribution in [0.25, 0.3) is 0 Å². The number of esters is 1. The van der Waals surface area contributed by atoms with Gasteiger partial charge < -0.3 is 39.3 Å². The molecule has 1 fully saturated rings. The third kappa shape index (κ3) is 8.64. The minimum atomic E-state index is -4.84. The van der Waals surface area contributed by atoms with E-state index in [1.807, 2.05) is 11.9 Å². The number of ether oxygens (including phenoxy) is 3. The first-order valence-electron chi connectivity index (χ1n) is 13.5. The number of piperazine rings is 1. The third-order valence-electron chi connectivity index (χ3n) is 6.83. The highest BCUT2D eigenvalue weighted by Crippen LogP contribution is 2.38. The Morgan fingerprint density at radius 2 is 1.66 bits per heavy atom. The van der Waals surface area contributed by atoms with E-state index in [4.69, 9.17) is 30.9 Å². The smallest absolute Gasteiger partial charge is 0.417 e. The molecule has 3 aromatic rings. The number of rotatable bonds is 11. The Bertz CT molecular complexity index is 1680. The van der Waals surface area contributed by atoms with Gasteiger partial charge in [0.05, 0.1) is 10.6 Å². The first kappa shape index (κ1) is 35.3. The molecule has 3 N–H and O–H groups in total. The summed E-state index contributed by atoms with van der Waals surface area (Å²) >= 11 is 5.57. The number of carbonyl (C=O) groups is 2. The molecule has 0 unspecified atom stereocenters. The van der Waals surface area contributed by atoms with Crippen LogP contribution >= 0.6 is 11.6 Å². The largest absolute Gasteiger partial charge is 0.479 e. The number of anilines is 1. The van der Waals surface area contributed by atoms with Gasteiger partial charge >= 0.3 is 23.8 Å². The first-order chi connectivity index (χ1) is 22.0. The number of benzene rings is 2. The summed E-state index contributed by atoms with van der Waals surface area (Å²) in [7, 11) is 1.87. The fourth-order valence-corrected chi connectivity index (χ4v) is 4.52. The first-order valence-corrected chi connectivity index (χ1v) is 13.9. The van der Waals surface area contributed by atoms with Crippen LogP contribution in [0.3, 0.4) is 0 Å². The zero-order valence-electron chi connectivity index (χ0n) is 24.2. The van der Waals surface area contributed by atoms with E-state index in [1.165, 1.54) is 6.07 Å². The molecule has 2 aromatic carbocycles. The quantitative estimate of drug-likeness (QED) is 0.199. The maximum Gasteiger partial charge on any atom is 0.417 e. The highest BCUT2D eigenvalue weighted by Gasteiger charge is 2.34. The topological polar surface area (TPSA) is 164 Å². The van der Waals surface area contributed by atoms with Crippen molar-refractivity contribution >= 4 is 29.4 Å². The Kier molecular flexibility index (Phi) is 10.9. The molecular formula is C28H26ClF5N4O9. The summed E-state index contributed by atoms with van der Waals surface area (Å²) in [5.74, 6) is -7.62. The van der Waals surface area contributed by atoms with E-state index >= 15 is 0 Å². The number of carboxylic acids is 1. The van der Waals surface area contributed by atoms with Crippen molar-refractivity contribution in [3.05, 3.63) is 74.7 Å². The molecule has 47 heavy (non-hydrogen) atoms. The van der Waals surface area contributed by atoms with E-state index < -0.39 is 83.1 Å². The molecule has 1 aliphatic heterocycles. The standard InChI is InChI=1S/C28H26ClF5N4O9/c1-36-4-6-37(7-5-36)21-11-20(35-27(44)38(21)13-46-26(43)23(40)22(39)25(41)42)45-12-14-8-18(30)24(19(31)9-14)47-15-2-3-17(29)16(10-15)28(32,33)34/h2-3,8-11,22-23,39-40H,4-7,12-13H2,1H3,(H,41,42)/t22-,23-/m1/s1. The van der Waals surface area contributed by atoms with Crippen LogP contribution < -0.4 is 20.1 Å². The van der Waals surface area contributed by atoms with Crippen LogP contribution in [0.4, 0.5) is 27.8 Å². The lowest BCUT2D eigenvalue weighted by molar-refractivity contribution is -0.172. The molecule has 0 amide bonds. The molecule has 0 saturated carbocycles. The number of alkyl halides is 3. The maximum atomic E-state index is 14.8. The third-order valence-corrected chi connectivity index (χ3v) is 7.16. The van der Waals surface area contributed by atoms with Gasteiger partial charge in [0.1, 0.15) is 18.2 Å². The number of nitrogens with zero attached hydrogens (tertiary/aromatic N) is 4. The summed E-state index contributed by atoms with van der Waals surface area (Å²) < 4.78 is 85.4. The van der Waals surface area contributed by atoms with Crippen molar-refractivity contribution in [2.75, 3.05) is 38.1 Å². The normalized spacial score (nSPS) is 15.2. The monoisotopic (exact) mass is 692 g/mol. The molecule has 0 bridgehead atoms. The zero-order valence-corrected chi connectivity index (χ0v) is 25.0. The average Bonchev–Trinajstić information content (AvgIpc) is 3.00. The molecule has 1 aliphatic rings. The second-order valence-corrected chi connectivity index (χ2v) is 10.6. The minimum Gasteiger partial charge on any atom is -0.479 e. The van der Waals surface area contributed by atoms with Gasteiger partial charge in [0.15, 0.2) is 36.3 Å². The molecule has 254 valence electrons. The predicted molar refractivity (Wildman–Crippen MR) is 151 cm³/mol. The second-order valence-electron chi connectivity index (χ2n) is 10.2. The number of carboxylic acid groups (broad SMARTS) is 1. The van der Waals surface area contributed by atoms with Gasteiger partial charge in [-0.3, -0.25) is 0 Å². The van der Waals surface area contributed by atoms with Crippen LogP contribution in [0.2, 0.25) is 5.02 Å². The van der Waals surface area contributed by atoms with Gasteiger partial charge in [-0.25, -0.2) is 27.7 Å². The van der Waals surface area contributed by atoms with Crippen LogP contribution in [0.15, 0.2) is 41.2 Å². The Hall–Kier alpha value is -4.52. The van der Waals surface area contributed by atoms with E-state index in [2.05, 4.69) is 4.98 Å². The molecule has 2 atom stereocenters. The van der Waals surface area contributed by atoms with Crippen molar-refractivity contribution in [2.45, 2.75) is 31.7 Å². The average molecular weight is 693 g/mol. The van der Waals surface area contributed by atoms with Gasteiger partial charge in [-0.1, -0.05) is 11.6 Å². The summed E-state index contributed by atoms with van der Waals surface area (Å²) in [6.45, 7) is 0.562. The van der Waals surface area contributed by atoms with Gasteiger partial charge in [-0.2, -0.15) is 18.2 Å². The lowest BCUT2D eigenvalue weighted by Crippen LogP contribution is -2.47. The number of halogens is 6. The second kappa shape index (κ2) is 14.5. The van der Waals surface area contributed by atoms with Crippen molar-refractivity contribution in [1.82, 2.24) is 14.5 Å². The Labute approximate surface area is 266 Å². The summed E-state index contributed by atoms with van der Waals surface area (Å²) in [4.78, 5) is 43.3. The van der Waals surface area contributed by atoms with E-state index in [1.54, 1.807) is 4.90 Å². The molecule has 13 nitrogen and oxygen atoms in total. The SMILES string of the molecule is CN1CCN(c2cc(OCc3cc(F)c(Oc4ccc(Cl)c(C(F)(F)F)c4)c(F)c3)nc(=O)n2COC(=O)[C@H](O)[C@@H](O)C(=O)O)CC1. The summed E-state index contributed by atoms with van der Waals surface area (Å²) in [6, 6.07) is 5.25. The van der Waals surface area contributed by atoms with E-state index in [9.17, 15) is 46.5 Å². The maximum absolute atomic E-state index is 14.8. The molecule has 1 saturated heterocycles. The van der Waals surface area contributed by atoms with E-state index in [-0.39, 0.29) is 17.3 Å². The number of aliphatic carboxylic acids is 1. The van der Waals surface area contributed by atoms with Gasteiger partial charge in [-0.15, -0.1) is 0 Å². The van der Waals surface area contributed by atoms with E-state index in [0.29, 0.717) is 32.2 Å². The van der Waals surface area contributed by atoms with Crippen molar-refractivity contribution in [2.24, 2.45) is 0 Å². The molecule has 0 spiro atoms. The molecule has 19 heteroatoms. The van der Waals surface area contributed by atoms with Crippen LogP contribution in [0.1, 0.15) is 11.1 Å². The Morgan fingerprint density at radius 1 is 1.02 bits per heavy atom. The molecule has 2 heterocycles. The fraction of sp³-hybridized carbons (Fsp3) is 0.357. The Morgan fingerprint density at radius 3 is 2.26 bits per heavy atom. The predicted octanol–water partition coefficient (Wildman–Crippen LogP) is 2.62. The highest BCUT2D eigenvalue weighted by molar-refractivity contribution is 6.31. The van der Waals surface area contributed by atoms with Crippen molar-refractivity contribution in [3.63, 3.8) is 0 Å². The molecular weight excluding hydrogens is 667 g/mol. The van der Waals surface area contributed by atoms with Crippen molar-refractivity contribution in [1.29, 1.82) is 0 Å². The zero-order chi connectivity index (χ0) is 34.6. The van der Waals surface area contributed by atoms with Gasteiger partial charge in [0, 0.05) is 32.2 Å². The van der Waals surface area contributed by atoms with Crippen LogP contribution in [-0.2, 0) is 33.8 Å². The summed E-state index contributed by atoms with van der Waals surface area (Å²) in [5.41, 5.74) is -2.38. The number of likely N-dealkylation sites (N-methyl/N-ethyl adjacent to an activating group) is 1. The number of aliphatic hydroxyl groups is 2. The minimum absolute atomic E-state index is 0.105. The highest BCUT2D eigenvalue weighted by atomic mass is 35.5. The number of hydrogen-bond donors (Lipinski definition) is 3. The van der Waals surface area contributed by atoms with Crippen LogP contribution in [-0.4, -0.2) is 87.1 Å². The summed E-state index contributed by atoms with van der Waals surface area (Å²) in [5, 5.41) is 27.2. The van der Waals surface area contributed by atoms with Crippen molar-refractivity contribution in [3.8, 4) is 17.4 Å². The Balaban J connectivity index is 1.53. The van der Waals surface area contributed by atoms with Crippen LogP contribution in [0.5, 0.6) is 17.4 Å². The molecule has 0 aliphatic carbocycles.